The molecule has 2 N–H and O–H groups in total. The maximum absolute atomic E-state index is 13.1. The Morgan fingerprint density at radius 3 is 2.38 bits per heavy atom. The molecule has 2 rings (SSSR count). The summed E-state index contributed by atoms with van der Waals surface area (Å²) in [5.74, 6) is -1.84. The lowest BCUT2D eigenvalue weighted by atomic mass is 10.1. The molecule has 0 saturated carbocycles. The molecule has 2 aromatic rings. The van der Waals surface area contributed by atoms with Gasteiger partial charge in [0.25, 0.3) is 5.91 Å². The van der Waals surface area contributed by atoms with Crippen LogP contribution in [0.3, 0.4) is 0 Å². The van der Waals surface area contributed by atoms with Crippen molar-refractivity contribution in [1.82, 2.24) is 5.32 Å². The van der Waals surface area contributed by atoms with Crippen molar-refractivity contribution in [2.45, 2.75) is 13.5 Å². The Kier molecular flexibility index (Phi) is 4.87. The van der Waals surface area contributed by atoms with Crippen LogP contribution in [0, 0.1) is 11.6 Å². The van der Waals surface area contributed by atoms with Gasteiger partial charge in [0.1, 0.15) is 0 Å². The van der Waals surface area contributed by atoms with Crippen molar-refractivity contribution in [3.63, 3.8) is 0 Å². The van der Waals surface area contributed by atoms with Gasteiger partial charge < -0.3 is 10.6 Å². The van der Waals surface area contributed by atoms with Crippen molar-refractivity contribution in [2.24, 2.45) is 0 Å². The van der Waals surface area contributed by atoms with E-state index in [0.29, 0.717) is 24.2 Å². The maximum Gasteiger partial charge on any atom is 0.251 e. The molecule has 0 bridgehead atoms. The summed E-state index contributed by atoms with van der Waals surface area (Å²) in [5, 5.41) is 5.80. The highest BCUT2D eigenvalue weighted by molar-refractivity contribution is 5.94. The third-order valence-corrected chi connectivity index (χ3v) is 2.97. The monoisotopic (exact) mass is 290 g/mol. The van der Waals surface area contributed by atoms with E-state index < -0.39 is 11.6 Å². The topological polar surface area (TPSA) is 41.1 Å². The van der Waals surface area contributed by atoms with Crippen LogP contribution in [-0.2, 0) is 6.54 Å². The van der Waals surface area contributed by atoms with Gasteiger partial charge in [-0.1, -0.05) is 6.07 Å². The number of hydrogen-bond acceptors (Lipinski definition) is 2. The fraction of sp³-hybridized carbons (Fsp3) is 0.188. The minimum absolute atomic E-state index is 0.121. The first-order chi connectivity index (χ1) is 10.1. The van der Waals surface area contributed by atoms with Crippen molar-refractivity contribution in [1.29, 1.82) is 0 Å². The largest absolute Gasteiger partial charge is 0.381 e. The van der Waals surface area contributed by atoms with Gasteiger partial charge in [0, 0.05) is 24.3 Å². The molecular formula is C16H16F2N2O. The highest BCUT2D eigenvalue weighted by Gasteiger charge is 2.04. The number of amides is 1. The van der Waals surface area contributed by atoms with Gasteiger partial charge in [0.15, 0.2) is 11.6 Å². The molecule has 3 nitrogen and oxygen atoms in total. The number of rotatable bonds is 5. The average molecular weight is 290 g/mol. The lowest BCUT2D eigenvalue weighted by Gasteiger charge is -2.08. The van der Waals surface area contributed by atoms with Gasteiger partial charge in [-0.2, -0.15) is 0 Å². The summed E-state index contributed by atoms with van der Waals surface area (Å²) < 4.78 is 25.9. The Morgan fingerprint density at radius 1 is 1.05 bits per heavy atom. The molecule has 0 unspecified atom stereocenters. The molecule has 0 saturated heterocycles. The van der Waals surface area contributed by atoms with E-state index in [9.17, 15) is 13.6 Å². The predicted octanol–water partition coefficient (Wildman–Crippen LogP) is 3.33. The first-order valence-electron chi connectivity index (χ1n) is 6.66. The molecular weight excluding hydrogens is 274 g/mol. The molecule has 2 aromatic carbocycles. The van der Waals surface area contributed by atoms with E-state index in [2.05, 4.69) is 10.6 Å². The van der Waals surface area contributed by atoms with Gasteiger partial charge in [-0.25, -0.2) is 8.78 Å². The summed E-state index contributed by atoms with van der Waals surface area (Å²) in [6.07, 6.45) is 0. The third-order valence-electron chi connectivity index (χ3n) is 2.97. The van der Waals surface area contributed by atoms with Gasteiger partial charge in [-0.15, -0.1) is 0 Å². The van der Waals surface area contributed by atoms with E-state index in [4.69, 9.17) is 0 Å². The van der Waals surface area contributed by atoms with Crippen molar-refractivity contribution in [2.75, 3.05) is 11.9 Å². The van der Waals surface area contributed by atoms with Gasteiger partial charge in [0.2, 0.25) is 0 Å². The smallest absolute Gasteiger partial charge is 0.251 e. The molecule has 0 spiro atoms. The number of carbonyl (C=O) groups excluding carboxylic acids is 1. The summed E-state index contributed by atoms with van der Waals surface area (Å²) in [7, 11) is 0. The molecule has 5 heteroatoms. The van der Waals surface area contributed by atoms with Crippen molar-refractivity contribution < 1.29 is 13.6 Å². The zero-order chi connectivity index (χ0) is 15.2. The zero-order valence-electron chi connectivity index (χ0n) is 11.6. The lowest BCUT2D eigenvalue weighted by Crippen LogP contribution is -2.22. The zero-order valence-corrected chi connectivity index (χ0v) is 11.6. The van der Waals surface area contributed by atoms with E-state index in [1.165, 1.54) is 6.07 Å². The van der Waals surface area contributed by atoms with Crippen LogP contribution < -0.4 is 10.6 Å². The van der Waals surface area contributed by atoms with Crippen molar-refractivity contribution >= 4 is 11.6 Å². The SMILES string of the molecule is CCNC(=O)c1ccc(NCc2ccc(F)c(F)c2)cc1. The molecule has 0 atom stereocenters. The van der Waals surface area contributed by atoms with Gasteiger partial charge in [-0.05, 0) is 48.9 Å². The number of benzene rings is 2. The number of halogens is 2. The summed E-state index contributed by atoms with van der Waals surface area (Å²) >= 11 is 0. The van der Waals surface area contributed by atoms with Crippen LogP contribution in [0.2, 0.25) is 0 Å². The second-order valence-electron chi connectivity index (χ2n) is 4.54. The van der Waals surface area contributed by atoms with E-state index in [-0.39, 0.29) is 5.91 Å². The second-order valence-corrected chi connectivity index (χ2v) is 4.54. The van der Waals surface area contributed by atoms with Crippen LogP contribution in [0.1, 0.15) is 22.8 Å². The fourth-order valence-corrected chi connectivity index (χ4v) is 1.86. The minimum atomic E-state index is -0.860. The molecule has 0 heterocycles. The summed E-state index contributed by atoms with van der Waals surface area (Å²) in [6, 6.07) is 10.7. The van der Waals surface area contributed by atoms with Crippen LogP contribution in [0.4, 0.5) is 14.5 Å². The van der Waals surface area contributed by atoms with Crippen LogP contribution in [0.15, 0.2) is 42.5 Å². The minimum Gasteiger partial charge on any atom is -0.381 e. The maximum atomic E-state index is 13.1. The second kappa shape index (κ2) is 6.83. The quantitative estimate of drug-likeness (QED) is 0.887. The molecule has 1 amide bonds. The number of anilines is 1. The Balaban J connectivity index is 1.97. The van der Waals surface area contributed by atoms with E-state index in [1.807, 2.05) is 6.92 Å². The predicted molar refractivity (Wildman–Crippen MR) is 78.1 cm³/mol. The average Bonchev–Trinajstić information content (AvgIpc) is 2.49. The van der Waals surface area contributed by atoms with Crippen LogP contribution >= 0.6 is 0 Å². The molecule has 0 aromatic heterocycles. The highest BCUT2D eigenvalue weighted by Crippen LogP contribution is 2.13. The molecule has 21 heavy (non-hydrogen) atoms. The first kappa shape index (κ1) is 15.0. The Bertz CT molecular complexity index is 627. The van der Waals surface area contributed by atoms with Gasteiger partial charge >= 0.3 is 0 Å². The van der Waals surface area contributed by atoms with Crippen molar-refractivity contribution in [3.05, 3.63) is 65.2 Å². The standard InChI is InChI=1S/C16H16F2N2O/c1-2-19-16(21)12-4-6-13(7-5-12)20-10-11-3-8-14(17)15(18)9-11/h3-9,20H,2,10H2,1H3,(H,19,21). The fourth-order valence-electron chi connectivity index (χ4n) is 1.86. The molecule has 0 fully saturated rings. The van der Waals surface area contributed by atoms with E-state index in [0.717, 1.165) is 17.8 Å². The number of carbonyl (C=O) groups is 1. The Hall–Kier alpha value is -2.43. The highest BCUT2D eigenvalue weighted by atomic mass is 19.2. The molecule has 110 valence electrons. The summed E-state index contributed by atoms with van der Waals surface area (Å²) in [6.45, 7) is 2.81. The van der Waals surface area contributed by atoms with E-state index in [1.54, 1.807) is 24.3 Å². The summed E-state index contributed by atoms with van der Waals surface area (Å²) in [5.41, 5.74) is 2.02. The number of hydrogen-bond donors (Lipinski definition) is 2. The third kappa shape index (κ3) is 4.02. The van der Waals surface area contributed by atoms with Crippen LogP contribution in [0.5, 0.6) is 0 Å². The Morgan fingerprint density at radius 2 is 1.76 bits per heavy atom. The Labute approximate surface area is 122 Å². The molecule has 0 aliphatic heterocycles. The molecule has 0 radical (unpaired) electrons. The van der Waals surface area contributed by atoms with Crippen molar-refractivity contribution in [3.8, 4) is 0 Å². The molecule has 0 aliphatic rings. The van der Waals surface area contributed by atoms with Gasteiger partial charge in [0.05, 0.1) is 0 Å². The number of nitrogens with one attached hydrogen (secondary N) is 2. The molecule has 0 aliphatic carbocycles. The first-order valence-corrected chi connectivity index (χ1v) is 6.66. The van der Waals surface area contributed by atoms with Crippen LogP contribution in [0.25, 0.3) is 0 Å². The van der Waals surface area contributed by atoms with Crippen LogP contribution in [-0.4, -0.2) is 12.5 Å². The van der Waals surface area contributed by atoms with E-state index >= 15 is 0 Å². The van der Waals surface area contributed by atoms with Gasteiger partial charge in [-0.3, -0.25) is 4.79 Å². The lowest BCUT2D eigenvalue weighted by molar-refractivity contribution is 0.0956. The summed E-state index contributed by atoms with van der Waals surface area (Å²) in [4.78, 5) is 11.6. The normalized spacial score (nSPS) is 10.2.